The highest BCUT2D eigenvalue weighted by Gasteiger charge is 2.53. The first-order valence-corrected chi connectivity index (χ1v) is 12.6. The molecule has 1 unspecified atom stereocenters. The molecular weight excluding hydrogens is 466 g/mol. The molecule has 0 aliphatic carbocycles. The van der Waals surface area contributed by atoms with Crippen molar-refractivity contribution < 1.29 is 14.3 Å². The minimum Gasteiger partial charge on any atom is -0.492 e. The van der Waals surface area contributed by atoms with Gasteiger partial charge in [0.15, 0.2) is 0 Å². The van der Waals surface area contributed by atoms with Gasteiger partial charge in [-0.15, -0.1) is 0 Å². The maximum atomic E-state index is 14.2. The first-order valence-electron chi connectivity index (χ1n) is 12.6. The molecule has 0 aromatic heterocycles. The summed E-state index contributed by atoms with van der Waals surface area (Å²) in [5.74, 6) is -0.227. The molecule has 1 aliphatic heterocycles. The molecule has 3 aromatic rings. The molecule has 0 fully saturated rings. The van der Waals surface area contributed by atoms with Crippen LogP contribution in [0.25, 0.3) is 0 Å². The van der Waals surface area contributed by atoms with Crippen molar-refractivity contribution in [3.05, 3.63) is 84.4 Å². The van der Waals surface area contributed by atoms with Crippen LogP contribution in [0.4, 0.5) is 17.1 Å². The van der Waals surface area contributed by atoms with Gasteiger partial charge >= 0.3 is 5.91 Å². The number of benzene rings is 3. The van der Waals surface area contributed by atoms with Crippen LogP contribution in [0.15, 0.2) is 84.0 Å². The summed E-state index contributed by atoms with van der Waals surface area (Å²) < 4.78 is 6.00. The molecule has 8 nitrogen and oxygen atoms in total. The maximum absolute atomic E-state index is 14.2. The predicted octanol–water partition coefficient (Wildman–Crippen LogP) is 4.63. The zero-order valence-electron chi connectivity index (χ0n) is 21.7. The van der Waals surface area contributed by atoms with Gasteiger partial charge in [-0.25, -0.2) is 0 Å². The summed E-state index contributed by atoms with van der Waals surface area (Å²) in [4.78, 5) is 29.0. The Bertz CT molecular complexity index is 1280. The van der Waals surface area contributed by atoms with E-state index >= 15 is 0 Å². The van der Waals surface area contributed by atoms with Crippen LogP contribution in [0.1, 0.15) is 33.3 Å². The Kier molecular flexibility index (Phi) is 7.77. The van der Waals surface area contributed by atoms with Crippen LogP contribution in [0.2, 0.25) is 0 Å². The minimum atomic E-state index is -1.66. The van der Waals surface area contributed by atoms with Crippen LogP contribution in [0.3, 0.4) is 0 Å². The third-order valence-corrected chi connectivity index (χ3v) is 6.20. The van der Waals surface area contributed by atoms with Gasteiger partial charge in [0, 0.05) is 37.3 Å². The zero-order valence-corrected chi connectivity index (χ0v) is 21.7. The van der Waals surface area contributed by atoms with Crippen molar-refractivity contribution in [2.75, 3.05) is 34.9 Å². The summed E-state index contributed by atoms with van der Waals surface area (Å²) >= 11 is 0. The summed E-state index contributed by atoms with van der Waals surface area (Å²) in [5, 5.41) is 12.3. The fraction of sp³-hybridized carbons (Fsp3) is 0.276. The number of hydrogen-bond acceptors (Lipinski definition) is 6. The summed E-state index contributed by atoms with van der Waals surface area (Å²) in [6.45, 7) is 9.62. The van der Waals surface area contributed by atoms with E-state index in [1.165, 1.54) is 11.9 Å². The SMILES string of the molecule is CCOc1cc(N(CC)CC)ccc1NC1(NC(C)=O)C(=O)N(c2ccccc2)N=C1c1ccccc1. The number of hydrazone groups is 1. The van der Waals surface area contributed by atoms with E-state index < -0.39 is 11.6 Å². The Balaban J connectivity index is 1.87. The van der Waals surface area contributed by atoms with Gasteiger partial charge in [0.25, 0.3) is 0 Å². The van der Waals surface area contributed by atoms with Gasteiger partial charge in [-0.1, -0.05) is 48.5 Å². The third kappa shape index (κ3) is 5.14. The van der Waals surface area contributed by atoms with E-state index in [0.717, 1.165) is 18.8 Å². The Labute approximate surface area is 217 Å². The highest BCUT2D eigenvalue weighted by atomic mass is 16.5. The molecule has 2 N–H and O–H groups in total. The monoisotopic (exact) mass is 499 g/mol. The topological polar surface area (TPSA) is 86.3 Å². The van der Waals surface area contributed by atoms with Gasteiger partial charge in [-0.05, 0) is 45.0 Å². The van der Waals surface area contributed by atoms with Crippen LogP contribution in [-0.4, -0.2) is 42.9 Å². The lowest BCUT2D eigenvalue weighted by Crippen LogP contribution is -2.64. The van der Waals surface area contributed by atoms with E-state index in [0.29, 0.717) is 35.0 Å². The lowest BCUT2D eigenvalue weighted by Gasteiger charge is -2.33. The van der Waals surface area contributed by atoms with Crippen molar-refractivity contribution in [3.8, 4) is 5.75 Å². The van der Waals surface area contributed by atoms with E-state index in [9.17, 15) is 9.59 Å². The Hall–Kier alpha value is -4.33. The molecule has 2 amide bonds. The summed E-state index contributed by atoms with van der Waals surface area (Å²) in [6, 6.07) is 24.3. The maximum Gasteiger partial charge on any atom is 0.300 e. The number of carbonyl (C=O) groups is 2. The van der Waals surface area contributed by atoms with E-state index in [2.05, 4.69) is 29.4 Å². The molecule has 0 saturated heterocycles. The molecular formula is C29H33N5O3. The summed E-state index contributed by atoms with van der Waals surface area (Å²) in [5.41, 5.74) is 1.59. The Morgan fingerprint density at radius 2 is 1.62 bits per heavy atom. The fourth-order valence-electron chi connectivity index (χ4n) is 4.49. The molecule has 0 bridgehead atoms. The van der Waals surface area contributed by atoms with Gasteiger partial charge in [-0.3, -0.25) is 9.59 Å². The van der Waals surface area contributed by atoms with Crippen molar-refractivity contribution in [3.63, 3.8) is 0 Å². The van der Waals surface area contributed by atoms with E-state index in [1.807, 2.05) is 73.7 Å². The minimum absolute atomic E-state index is 0.378. The summed E-state index contributed by atoms with van der Waals surface area (Å²) in [7, 11) is 0. The zero-order chi connectivity index (χ0) is 26.4. The fourth-order valence-corrected chi connectivity index (χ4v) is 4.49. The normalized spacial score (nSPS) is 16.8. The highest BCUT2D eigenvalue weighted by molar-refractivity contribution is 6.30. The molecule has 0 saturated carbocycles. The van der Waals surface area contributed by atoms with Crippen LogP contribution >= 0.6 is 0 Å². The predicted molar refractivity (Wildman–Crippen MR) is 148 cm³/mol. The quantitative estimate of drug-likeness (QED) is 0.398. The van der Waals surface area contributed by atoms with Gasteiger partial charge < -0.3 is 20.3 Å². The summed E-state index contributed by atoms with van der Waals surface area (Å²) in [6.07, 6.45) is 0. The van der Waals surface area contributed by atoms with Gasteiger partial charge in [0.1, 0.15) is 11.5 Å². The van der Waals surface area contributed by atoms with E-state index in [4.69, 9.17) is 9.84 Å². The third-order valence-electron chi connectivity index (χ3n) is 6.20. The second-order valence-corrected chi connectivity index (χ2v) is 8.61. The van der Waals surface area contributed by atoms with Crippen LogP contribution in [0.5, 0.6) is 5.75 Å². The Morgan fingerprint density at radius 3 is 2.22 bits per heavy atom. The van der Waals surface area contributed by atoms with Gasteiger partial charge in [-0.2, -0.15) is 10.1 Å². The van der Waals surface area contributed by atoms with Crippen LogP contribution in [0, 0.1) is 0 Å². The number of anilines is 3. The van der Waals surface area contributed by atoms with Crippen molar-refractivity contribution in [1.29, 1.82) is 0 Å². The number of para-hydroxylation sites is 1. The lowest BCUT2D eigenvalue weighted by atomic mass is 9.95. The smallest absolute Gasteiger partial charge is 0.300 e. The van der Waals surface area contributed by atoms with Gasteiger partial charge in [0.05, 0.1) is 18.0 Å². The number of carbonyl (C=O) groups excluding carboxylic acids is 2. The largest absolute Gasteiger partial charge is 0.492 e. The molecule has 4 rings (SSSR count). The van der Waals surface area contributed by atoms with Gasteiger partial charge in [0.2, 0.25) is 11.6 Å². The van der Waals surface area contributed by atoms with E-state index in [1.54, 1.807) is 12.1 Å². The number of rotatable bonds is 10. The second kappa shape index (κ2) is 11.2. The number of amides is 2. The Morgan fingerprint density at radius 1 is 0.973 bits per heavy atom. The van der Waals surface area contributed by atoms with Crippen molar-refractivity contribution in [1.82, 2.24) is 5.32 Å². The highest BCUT2D eigenvalue weighted by Crippen LogP contribution is 2.36. The van der Waals surface area contributed by atoms with Crippen molar-refractivity contribution in [2.45, 2.75) is 33.4 Å². The van der Waals surface area contributed by atoms with Crippen molar-refractivity contribution in [2.24, 2.45) is 5.10 Å². The molecule has 192 valence electrons. The number of ether oxygens (including phenoxy) is 1. The molecule has 8 heteroatoms. The number of nitrogens with zero attached hydrogens (tertiary/aromatic N) is 3. The molecule has 0 spiro atoms. The van der Waals surface area contributed by atoms with Crippen molar-refractivity contribution >= 4 is 34.6 Å². The second-order valence-electron chi connectivity index (χ2n) is 8.61. The number of nitrogens with one attached hydrogen (secondary N) is 2. The molecule has 3 aromatic carbocycles. The lowest BCUT2D eigenvalue weighted by molar-refractivity contribution is -0.127. The molecule has 37 heavy (non-hydrogen) atoms. The number of hydrogen-bond donors (Lipinski definition) is 2. The molecule has 1 atom stereocenters. The molecule has 0 radical (unpaired) electrons. The molecule has 1 heterocycles. The standard InChI is InChI=1S/C29H33N5O3/c1-5-33(6-2)24-18-19-25(26(20-24)37-7-3)31-29(30-21(4)35)27(22-14-10-8-11-15-22)32-34(28(29)36)23-16-12-9-13-17-23/h8-20,31H,5-7H2,1-4H3,(H,30,35). The van der Waals surface area contributed by atoms with Crippen LogP contribution in [-0.2, 0) is 9.59 Å². The first-order chi connectivity index (χ1) is 17.9. The van der Waals surface area contributed by atoms with Crippen LogP contribution < -0.4 is 25.3 Å². The van der Waals surface area contributed by atoms with E-state index in [-0.39, 0.29) is 5.91 Å². The average molecular weight is 500 g/mol. The average Bonchev–Trinajstić information content (AvgIpc) is 3.18. The first kappa shape index (κ1) is 25.8. The molecule has 1 aliphatic rings.